The van der Waals surface area contributed by atoms with E-state index in [0.29, 0.717) is 5.92 Å². The third kappa shape index (κ3) is 2.38. The standard InChI is InChI=1S/C14H20O2/c1-3-11-8-13(11)12-6-4-5-7-14(12)16-10(2)9-15/h4-7,10-11,13,15H,3,8-9H2,1-2H3/t10?,11-,13-/m0/s1. The fourth-order valence-electron chi connectivity index (χ4n) is 2.23. The van der Waals surface area contributed by atoms with E-state index >= 15 is 0 Å². The number of hydrogen-bond acceptors (Lipinski definition) is 2. The number of para-hydroxylation sites is 1. The molecule has 0 amide bonds. The second kappa shape index (κ2) is 4.88. The Morgan fingerprint density at radius 1 is 1.44 bits per heavy atom. The van der Waals surface area contributed by atoms with Crippen LogP contribution in [0.5, 0.6) is 5.75 Å². The predicted octanol–water partition coefficient (Wildman–Crippen LogP) is 2.96. The van der Waals surface area contributed by atoms with E-state index in [1.165, 1.54) is 18.4 Å². The van der Waals surface area contributed by atoms with Crippen molar-refractivity contribution >= 4 is 0 Å². The molecule has 0 aromatic heterocycles. The van der Waals surface area contributed by atoms with E-state index in [1.54, 1.807) is 0 Å². The molecule has 3 atom stereocenters. The van der Waals surface area contributed by atoms with Crippen LogP contribution in [0, 0.1) is 5.92 Å². The van der Waals surface area contributed by atoms with Crippen LogP contribution in [-0.2, 0) is 0 Å². The van der Waals surface area contributed by atoms with E-state index in [2.05, 4.69) is 19.1 Å². The highest BCUT2D eigenvalue weighted by atomic mass is 16.5. The predicted molar refractivity (Wildman–Crippen MR) is 64.8 cm³/mol. The number of benzene rings is 1. The van der Waals surface area contributed by atoms with Gasteiger partial charge in [0.1, 0.15) is 11.9 Å². The zero-order valence-corrected chi connectivity index (χ0v) is 10.0. The van der Waals surface area contributed by atoms with E-state index in [4.69, 9.17) is 9.84 Å². The maximum atomic E-state index is 9.01. The van der Waals surface area contributed by atoms with Gasteiger partial charge in [0.15, 0.2) is 0 Å². The fraction of sp³-hybridized carbons (Fsp3) is 0.571. The molecule has 0 heterocycles. The van der Waals surface area contributed by atoms with Crippen molar-refractivity contribution in [1.82, 2.24) is 0 Å². The monoisotopic (exact) mass is 220 g/mol. The second-order valence-electron chi connectivity index (χ2n) is 4.66. The molecule has 1 saturated carbocycles. The Hall–Kier alpha value is -1.02. The van der Waals surface area contributed by atoms with Crippen molar-refractivity contribution in [3.8, 4) is 5.75 Å². The fourth-order valence-corrected chi connectivity index (χ4v) is 2.23. The summed E-state index contributed by atoms with van der Waals surface area (Å²) in [5, 5.41) is 9.01. The lowest BCUT2D eigenvalue weighted by atomic mass is 10.1. The summed E-state index contributed by atoms with van der Waals surface area (Å²) < 4.78 is 5.74. The molecule has 1 fully saturated rings. The minimum absolute atomic E-state index is 0.0657. The molecule has 1 N–H and O–H groups in total. The summed E-state index contributed by atoms with van der Waals surface area (Å²) in [5.41, 5.74) is 1.31. The molecule has 0 saturated heterocycles. The minimum Gasteiger partial charge on any atom is -0.488 e. The number of aliphatic hydroxyl groups is 1. The van der Waals surface area contributed by atoms with Crippen LogP contribution in [0.25, 0.3) is 0 Å². The highest BCUT2D eigenvalue weighted by Gasteiger charge is 2.38. The first-order chi connectivity index (χ1) is 7.76. The Labute approximate surface area is 97.3 Å². The zero-order valence-electron chi connectivity index (χ0n) is 10.0. The van der Waals surface area contributed by atoms with E-state index < -0.39 is 0 Å². The summed E-state index contributed by atoms with van der Waals surface area (Å²) in [6.45, 7) is 4.20. The van der Waals surface area contributed by atoms with Crippen LogP contribution in [0.4, 0.5) is 0 Å². The molecule has 1 aliphatic carbocycles. The molecule has 1 aliphatic rings. The number of rotatable bonds is 5. The van der Waals surface area contributed by atoms with Crippen LogP contribution >= 0.6 is 0 Å². The van der Waals surface area contributed by atoms with Crippen molar-refractivity contribution in [2.24, 2.45) is 5.92 Å². The lowest BCUT2D eigenvalue weighted by Gasteiger charge is -2.15. The average molecular weight is 220 g/mol. The quantitative estimate of drug-likeness (QED) is 0.826. The van der Waals surface area contributed by atoms with Gasteiger partial charge in [0.25, 0.3) is 0 Å². The summed E-state index contributed by atoms with van der Waals surface area (Å²) >= 11 is 0. The Morgan fingerprint density at radius 2 is 2.19 bits per heavy atom. The molecule has 0 spiro atoms. The highest BCUT2D eigenvalue weighted by Crippen LogP contribution is 2.51. The summed E-state index contributed by atoms with van der Waals surface area (Å²) in [7, 11) is 0. The van der Waals surface area contributed by atoms with Gasteiger partial charge in [-0.05, 0) is 36.8 Å². The minimum atomic E-state index is -0.125. The number of aliphatic hydroxyl groups excluding tert-OH is 1. The molecule has 0 aliphatic heterocycles. The Kier molecular flexibility index (Phi) is 3.49. The Bertz CT molecular complexity index is 348. The van der Waals surface area contributed by atoms with Gasteiger partial charge in [-0.2, -0.15) is 0 Å². The topological polar surface area (TPSA) is 29.5 Å². The molecule has 0 radical (unpaired) electrons. The Balaban J connectivity index is 2.12. The van der Waals surface area contributed by atoms with Gasteiger partial charge in [-0.3, -0.25) is 0 Å². The molecule has 1 aromatic carbocycles. The van der Waals surface area contributed by atoms with Gasteiger partial charge in [-0.25, -0.2) is 0 Å². The van der Waals surface area contributed by atoms with Crippen molar-refractivity contribution < 1.29 is 9.84 Å². The van der Waals surface area contributed by atoms with Crippen LogP contribution in [0.2, 0.25) is 0 Å². The molecular weight excluding hydrogens is 200 g/mol. The van der Waals surface area contributed by atoms with Gasteiger partial charge in [0, 0.05) is 0 Å². The molecule has 2 heteroatoms. The maximum absolute atomic E-state index is 9.01. The number of hydrogen-bond donors (Lipinski definition) is 1. The van der Waals surface area contributed by atoms with E-state index in [1.807, 2.05) is 19.1 Å². The lowest BCUT2D eigenvalue weighted by Crippen LogP contribution is -2.17. The average Bonchev–Trinajstić information content (AvgIpc) is 3.09. The van der Waals surface area contributed by atoms with Crippen molar-refractivity contribution in [1.29, 1.82) is 0 Å². The smallest absolute Gasteiger partial charge is 0.123 e. The molecular formula is C14H20O2. The number of ether oxygens (including phenoxy) is 1. The van der Waals surface area contributed by atoms with Crippen molar-refractivity contribution in [3.05, 3.63) is 29.8 Å². The summed E-state index contributed by atoms with van der Waals surface area (Å²) in [5.74, 6) is 2.45. The van der Waals surface area contributed by atoms with Gasteiger partial charge in [0.05, 0.1) is 6.61 Å². The van der Waals surface area contributed by atoms with E-state index in [0.717, 1.165) is 11.7 Å². The highest BCUT2D eigenvalue weighted by molar-refractivity contribution is 5.39. The molecule has 2 nitrogen and oxygen atoms in total. The van der Waals surface area contributed by atoms with E-state index in [-0.39, 0.29) is 12.7 Å². The van der Waals surface area contributed by atoms with Crippen LogP contribution in [0.3, 0.4) is 0 Å². The van der Waals surface area contributed by atoms with Crippen LogP contribution in [0.15, 0.2) is 24.3 Å². The molecule has 16 heavy (non-hydrogen) atoms. The first kappa shape index (κ1) is 11.5. The third-order valence-corrected chi connectivity index (χ3v) is 3.35. The van der Waals surface area contributed by atoms with Gasteiger partial charge in [-0.1, -0.05) is 31.5 Å². The SMILES string of the molecule is CC[C@H]1C[C@@H]1c1ccccc1OC(C)CO. The van der Waals surface area contributed by atoms with Crippen molar-refractivity contribution in [3.63, 3.8) is 0 Å². The maximum Gasteiger partial charge on any atom is 0.123 e. The van der Waals surface area contributed by atoms with Crippen molar-refractivity contribution in [2.45, 2.75) is 38.7 Å². The second-order valence-corrected chi connectivity index (χ2v) is 4.66. The van der Waals surface area contributed by atoms with Gasteiger partial charge in [0.2, 0.25) is 0 Å². The van der Waals surface area contributed by atoms with Crippen LogP contribution in [-0.4, -0.2) is 17.8 Å². The molecule has 2 rings (SSSR count). The van der Waals surface area contributed by atoms with Gasteiger partial charge < -0.3 is 9.84 Å². The summed E-state index contributed by atoms with van der Waals surface area (Å²) in [6, 6.07) is 8.22. The largest absolute Gasteiger partial charge is 0.488 e. The molecule has 1 aromatic rings. The zero-order chi connectivity index (χ0) is 11.5. The lowest BCUT2D eigenvalue weighted by molar-refractivity contribution is 0.128. The first-order valence-electron chi connectivity index (χ1n) is 6.12. The van der Waals surface area contributed by atoms with Gasteiger partial charge in [-0.15, -0.1) is 0 Å². The summed E-state index contributed by atoms with van der Waals surface area (Å²) in [4.78, 5) is 0. The first-order valence-corrected chi connectivity index (χ1v) is 6.12. The van der Waals surface area contributed by atoms with Crippen LogP contribution < -0.4 is 4.74 Å². The normalized spacial score (nSPS) is 25.2. The van der Waals surface area contributed by atoms with Crippen LogP contribution in [0.1, 0.15) is 38.2 Å². The van der Waals surface area contributed by atoms with Crippen molar-refractivity contribution in [2.75, 3.05) is 6.61 Å². The third-order valence-electron chi connectivity index (χ3n) is 3.35. The summed E-state index contributed by atoms with van der Waals surface area (Å²) in [6.07, 6.45) is 2.40. The molecule has 1 unspecified atom stereocenters. The molecule has 88 valence electrons. The van der Waals surface area contributed by atoms with Gasteiger partial charge >= 0.3 is 0 Å². The molecule has 0 bridgehead atoms. The Morgan fingerprint density at radius 3 is 2.81 bits per heavy atom. The van der Waals surface area contributed by atoms with E-state index in [9.17, 15) is 0 Å².